The number of hydrogen-bond donors (Lipinski definition) is 1. The fraction of sp³-hybridized carbons (Fsp3) is 0.333. The van der Waals surface area contributed by atoms with Gasteiger partial charge in [-0.3, -0.25) is 9.59 Å². The SMILES string of the molecule is COc1ccc(OCCC(=O)OC(C)C(=O)NCCc2ccc(F)cc2)cc1. The smallest absolute Gasteiger partial charge is 0.310 e. The first-order chi connectivity index (χ1) is 13.5. The average Bonchev–Trinajstić information content (AvgIpc) is 2.70. The lowest BCUT2D eigenvalue weighted by Gasteiger charge is -2.14. The minimum atomic E-state index is -0.901. The summed E-state index contributed by atoms with van der Waals surface area (Å²) in [6.45, 7) is 2.02. The molecule has 7 heteroatoms. The number of ether oxygens (including phenoxy) is 3. The Morgan fingerprint density at radius 3 is 2.32 bits per heavy atom. The van der Waals surface area contributed by atoms with Crippen LogP contribution in [0.5, 0.6) is 11.5 Å². The predicted octanol–water partition coefficient (Wildman–Crippen LogP) is 2.89. The van der Waals surface area contributed by atoms with Crippen molar-refractivity contribution in [2.24, 2.45) is 0 Å². The molecule has 2 aromatic carbocycles. The number of hydrogen-bond acceptors (Lipinski definition) is 5. The van der Waals surface area contributed by atoms with Crippen LogP contribution in [0.2, 0.25) is 0 Å². The molecule has 2 rings (SSSR count). The molecule has 0 fully saturated rings. The van der Waals surface area contributed by atoms with Crippen molar-refractivity contribution in [3.63, 3.8) is 0 Å². The number of methoxy groups -OCH3 is 1. The van der Waals surface area contributed by atoms with Crippen molar-refractivity contribution in [1.82, 2.24) is 5.32 Å². The third kappa shape index (κ3) is 7.26. The maximum Gasteiger partial charge on any atom is 0.310 e. The normalized spacial score (nSPS) is 11.4. The van der Waals surface area contributed by atoms with Gasteiger partial charge in [0, 0.05) is 6.54 Å². The van der Waals surface area contributed by atoms with Gasteiger partial charge in [0.05, 0.1) is 20.1 Å². The van der Waals surface area contributed by atoms with Crippen LogP contribution in [0.4, 0.5) is 4.39 Å². The molecule has 0 aromatic heterocycles. The van der Waals surface area contributed by atoms with Crippen LogP contribution in [0.3, 0.4) is 0 Å². The Kier molecular flexibility index (Phi) is 8.27. The molecule has 0 heterocycles. The van der Waals surface area contributed by atoms with E-state index in [1.165, 1.54) is 19.1 Å². The molecule has 150 valence electrons. The predicted molar refractivity (Wildman–Crippen MR) is 102 cm³/mol. The fourth-order valence-electron chi connectivity index (χ4n) is 2.36. The Morgan fingerprint density at radius 1 is 1.04 bits per heavy atom. The van der Waals surface area contributed by atoms with Gasteiger partial charge in [-0.2, -0.15) is 0 Å². The highest BCUT2D eigenvalue weighted by atomic mass is 19.1. The van der Waals surface area contributed by atoms with Gasteiger partial charge in [-0.05, 0) is 55.3 Å². The molecule has 1 unspecified atom stereocenters. The molecule has 0 aliphatic heterocycles. The van der Waals surface area contributed by atoms with Crippen molar-refractivity contribution in [2.75, 3.05) is 20.3 Å². The Morgan fingerprint density at radius 2 is 1.68 bits per heavy atom. The summed E-state index contributed by atoms with van der Waals surface area (Å²) in [7, 11) is 1.58. The summed E-state index contributed by atoms with van der Waals surface area (Å²) in [5, 5.41) is 2.69. The molecule has 1 atom stereocenters. The molecule has 0 bridgehead atoms. The second kappa shape index (κ2) is 10.9. The van der Waals surface area contributed by atoms with Crippen LogP contribution in [0.25, 0.3) is 0 Å². The number of benzene rings is 2. The van der Waals surface area contributed by atoms with Crippen LogP contribution in [0.15, 0.2) is 48.5 Å². The summed E-state index contributed by atoms with van der Waals surface area (Å²) >= 11 is 0. The molecule has 0 aliphatic carbocycles. The van der Waals surface area contributed by atoms with Gasteiger partial charge < -0.3 is 19.5 Å². The van der Waals surface area contributed by atoms with Gasteiger partial charge in [-0.25, -0.2) is 4.39 Å². The quantitative estimate of drug-likeness (QED) is 0.633. The van der Waals surface area contributed by atoms with E-state index in [1.807, 2.05) is 0 Å². The van der Waals surface area contributed by atoms with Crippen LogP contribution in [-0.4, -0.2) is 38.2 Å². The van der Waals surface area contributed by atoms with E-state index in [9.17, 15) is 14.0 Å². The van der Waals surface area contributed by atoms with E-state index in [0.29, 0.717) is 24.5 Å². The molecule has 1 N–H and O–H groups in total. The van der Waals surface area contributed by atoms with Crippen LogP contribution in [0.1, 0.15) is 18.9 Å². The number of carbonyl (C=O) groups is 2. The first-order valence-electron chi connectivity index (χ1n) is 8.96. The minimum absolute atomic E-state index is 0.0270. The van der Waals surface area contributed by atoms with Crippen molar-refractivity contribution in [3.05, 3.63) is 59.9 Å². The average molecular weight is 389 g/mol. The van der Waals surface area contributed by atoms with Crippen molar-refractivity contribution < 1.29 is 28.2 Å². The highest BCUT2D eigenvalue weighted by Gasteiger charge is 2.17. The zero-order valence-electron chi connectivity index (χ0n) is 15.9. The molecule has 2 aromatic rings. The van der Waals surface area contributed by atoms with E-state index in [4.69, 9.17) is 14.2 Å². The van der Waals surface area contributed by atoms with Gasteiger partial charge in [-0.1, -0.05) is 12.1 Å². The summed E-state index contributed by atoms with van der Waals surface area (Å²) in [4.78, 5) is 23.8. The van der Waals surface area contributed by atoms with Gasteiger partial charge in [0.15, 0.2) is 6.10 Å². The molecule has 28 heavy (non-hydrogen) atoms. The molecule has 0 spiro atoms. The Bertz CT molecular complexity index is 761. The minimum Gasteiger partial charge on any atom is -0.497 e. The summed E-state index contributed by atoms with van der Waals surface area (Å²) < 4.78 is 28.5. The molecule has 0 saturated heterocycles. The second-order valence-electron chi connectivity index (χ2n) is 6.07. The van der Waals surface area contributed by atoms with Crippen molar-refractivity contribution >= 4 is 11.9 Å². The molecule has 6 nitrogen and oxygen atoms in total. The highest BCUT2D eigenvalue weighted by Crippen LogP contribution is 2.17. The van der Waals surface area contributed by atoms with Gasteiger partial charge in [0.2, 0.25) is 0 Å². The van der Waals surface area contributed by atoms with E-state index >= 15 is 0 Å². The first-order valence-corrected chi connectivity index (χ1v) is 8.96. The standard InChI is InChI=1S/C21H24FNO5/c1-15(21(25)23-13-11-16-3-5-17(22)6-4-16)28-20(24)12-14-27-19-9-7-18(26-2)8-10-19/h3-10,15H,11-14H2,1-2H3,(H,23,25). The molecular weight excluding hydrogens is 365 g/mol. The van der Waals surface area contributed by atoms with Crippen LogP contribution >= 0.6 is 0 Å². The lowest BCUT2D eigenvalue weighted by atomic mass is 10.1. The van der Waals surface area contributed by atoms with Gasteiger partial charge in [0.1, 0.15) is 17.3 Å². The van der Waals surface area contributed by atoms with Gasteiger partial charge >= 0.3 is 5.97 Å². The molecule has 0 aliphatic rings. The van der Waals surface area contributed by atoms with E-state index in [-0.39, 0.29) is 24.8 Å². The number of rotatable bonds is 10. The second-order valence-corrected chi connectivity index (χ2v) is 6.07. The lowest BCUT2D eigenvalue weighted by molar-refractivity contribution is -0.155. The summed E-state index contributed by atoms with van der Waals surface area (Å²) in [6, 6.07) is 13.0. The Labute approximate surface area is 163 Å². The summed E-state index contributed by atoms with van der Waals surface area (Å²) in [6.07, 6.45) is -0.316. The number of halogens is 1. The number of carbonyl (C=O) groups excluding carboxylic acids is 2. The fourth-order valence-corrected chi connectivity index (χ4v) is 2.36. The van der Waals surface area contributed by atoms with E-state index in [0.717, 1.165) is 5.56 Å². The van der Waals surface area contributed by atoms with Crippen molar-refractivity contribution in [2.45, 2.75) is 25.9 Å². The molecule has 0 saturated carbocycles. The van der Waals surface area contributed by atoms with E-state index in [2.05, 4.69) is 5.32 Å². The third-order valence-corrected chi connectivity index (χ3v) is 3.94. The van der Waals surface area contributed by atoms with E-state index < -0.39 is 12.1 Å². The molecular formula is C21H24FNO5. The number of nitrogens with one attached hydrogen (secondary N) is 1. The lowest BCUT2D eigenvalue weighted by Crippen LogP contribution is -2.37. The van der Waals surface area contributed by atoms with Crippen molar-refractivity contribution in [1.29, 1.82) is 0 Å². The largest absolute Gasteiger partial charge is 0.497 e. The number of amides is 1. The zero-order valence-corrected chi connectivity index (χ0v) is 15.9. The maximum absolute atomic E-state index is 12.8. The maximum atomic E-state index is 12.8. The highest BCUT2D eigenvalue weighted by molar-refractivity contribution is 5.83. The molecule has 0 radical (unpaired) electrons. The van der Waals surface area contributed by atoms with E-state index in [1.54, 1.807) is 43.5 Å². The zero-order chi connectivity index (χ0) is 20.4. The Hall–Kier alpha value is -3.09. The topological polar surface area (TPSA) is 73.9 Å². The number of esters is 1. The monoisotopic (exact) mass is 389 g/mol. The van der Waals surface area contributed by atoms with Crippen LogP contribution < -0.4 is 14.8 Å². The van der Waals surface area contributed by atoms with Crippen LogP contribution in [-0.2, 0) is 20.7 Å². The van der Waals surface area contributed by atoms with Gasteiger partial charge in [0.25, 0.3) is 5.91 Å². The molecule has 1 amide bonds. The Balaban J connectivity index is 1.63. The van der Waals surface area contributed by atoms with Gasteiger partial charge in [-0.15, -0.1) is 0 Å². The third-order valence-electron chi connectivity index (χ3n) is 3.94. The van der Waals surface area contributed by atoms with Crippen LogP contribution in [0, 0.1) is 5.82 Å². The summed E-state index contributed by atoms with van der Waals surface area (Å²) in [5.74, 6) is 0.122. The summed E-state index contributed by atoms with van der Waals surface area (Å²) in [5.41, 5.74) is 0.905. The van der Waals surface area contributed by atoms with Crippen molar-refractivity contribution in [3.8, 4) is 11.5 Å². The first kappa shape index (κ1) is 21.2.